The van der Waals surface area contributed by atoms with E-state index in [1.54, 1.807) is 0 Å². The van der Waals surface area contributed by atoms with Crippen LogP contribution in [0.2, 0.25) is 0 Å². The Kier molecular flexibility index (Phi) is 5.84. The molecule has 0 saturated carbocycles. The molecule has 0 radical (unpaired) electrons. The van der Waals surface area contributed by atoms with E-state index in [-0.39, 0.29) is 17.9 Å². The Balaban J connectivity index is 4.25. The fraction of sp³-hybridized carbons (Fsp3) is 0.750. The average Bonchev–Trinajstić information content (AvgIpc) is 2.11. The first kappa shape index (κ1) is 14.4. The number of hydrogen-bond acceptors (Lipinski definition) is 4. The third-order valence-electron chi connectivity index (χ3n) is 2.08. The zero-order valence-corrected chi connectivity index (χ0v) is 10.5. The lowest BCUT2D eigenvalue weighted by Gasteiger charge is -2.17. The predicted octanol–water partition coefficient (Wildman–Crippen LogP) is -0.0572. The summed E-state index contributed by atoms with van der Waals surface area (Å²) >= 11 is 0. The fourth-order valence-electron chi connectivity index (χ4n) is 1.08. The van der Waals surface area contributed by atoms with Crippen LogP contribution in [-0.2, 0) is 18.6 Å². The Bertz CT molecular complexity index is 294. The maximum absolute atomic E-state index is 11.5. The Labute approximate surface area is 90.8 Å². The van der Waals surface area contributed by atoms with Gasteiger partial charge in [-0.2, -0.15) is 0 Å². The summed E-state index contributed by atoms with van der Waals surface area (Å²) in [6.07, 6.45) is 0.630. The standard InChI is InChI=1S/C8H17BNO4P/c1-6(11)8(10-7(2)12)4-5-15(3,13)14-9/h8H,4-5,9H2,1-3H3,(H,10,12). The van der Waals surface area contributed by atoms with Gasteiger partial charge in [0.05, 0.1) is 6.04 Å². The molecule has 0 aromatic heterocycles. The molecule has 2 atom stereocenters. The summed E-state index contributed by atoms with van der Waals surface area (Å²) in [6.45, 7) is 4.25. The van der Waals surface area contributed by atoms with Crippen LogP contribution in [0.1, 0.15) is 20.3 Å². The Morgan fingerprint density at radius 3 is 2.33 bits per heavy atom. The lowest BCUT2D eigenvalue weighted by Crippen LogP contribution is -2.39. The monoisotopic (exact) mass is 233 g/mol. The summed E-state index contributed by atoms with van der Waals surface area (Å²) in [5, 5.41) is 2.51. The molecule has 5 nitrogen and oxygen atoms in total. The molecular weight excluding hydrogens is 216 g/mol. The first-order valence-corrected chi connectivity index (χ1v) is 6.94. The predicted molar refractivity (Wildman–Crippen MR) is 60.9 cm³/mol. The largest absolute Gasteiger partial charge is 0.399 e. The van der Waals surface area contributed by atoms with Gasteiger partial charge in [0.2, 0.25) is 5.91 Å². The van der Waals surface area contributed by atoms with E-state index < -0.39 is 13.4 Å². The summed E-state index contributed by atoms with van der Waals surface area (Å²) < 4.78 is 16.4. The Morgan fingerprint density at radius 2 is 2.00 bits per heavy atom. The van der Waals surface area contributed by atoms with Crippen molar-refractivity contribution >= 4 is 27.1 Å². The van der Waals surface area contributed by atoms with Gasteiger partial charge < -0.3 is 9.76 Å². The maximum atomic E-state index is 11.5. The van der Waals surface area contributed by atoms with Crippen LogP contribution in [-0.4, -0.2) is 38.6 Å². The Morgan fingerprint density at radius 1 is 1.47 bits per heavy atom. The van der Waals surface area contributed by atoms with Crippen LogP contribution in [0.3, 0.4) is 0 Å². The van der Waals surface area contributed by atoms with E-state index in [0.29, 0.717) is 6.42 Å². The van der Waals surface area contributed by atoms with Crippen molar-refractivity contribution in [3.63, 3.8) is 0 Å². The van der Waals surface area contributed by atoms with E-state index in [9.17, 15) is 14.2 Å². The van der Waals surface area contributed by atoms with Crippen LogP contribution in [0.15, 0.2) is 0 Å². The molecule has 86 valence electrons. The van der Waals surface area contributed by atoms with Crippen molar-refractivity contribution in [3.05, 3.63) is 0 Å². The molecule has 2 unspecified atom stereocenters. The molecule has 0 saturated heterocycles. The molecule has 0 bridgehead atoms. The zero-order chi connectivity index (χ0) is 12.1. The minimum atomic E-state index is -2.61. The van der Waals surface area contributed by atoms with Crippen molar-refractivity contribution in [1.82, 2.24) is 5.32 Å². The minimum Gasteiger partial charge on any atom is -0.399 e. The van der Waals surface area contributed by atoms with E-state index in [1.807, 2.05) is 0 Å². The van der Waals surface area contributed by atoms with Crippen LogP contribution in [0, 0.1) is 0 Å². The van der Waals surface area contributed by atoms with Gasteiger partial charge in [-0.1, -0.05) is 0 Å². The molecule has 15 heavy (non-hydrogen) atoms. The van der Waals surface area contributed by atoms with E-state index >= 15 is 0 Å². The van der Waals surface area contributed by atoms with Crippen molar-refractivity contribution in [1.29, 1.82) is 0 Å². The Hall–Kier alpha value is -0.605. The lowest BCUT2D eigenvalue weighted by atomic mass is 10.1. The molecule has 0 aromatic carbocycles. The second kappa shape index (κ2) is 6.08. The molecule has 7 heteroatoms. The van der Waals surface area contributed by atoms with E-state index in [1.165, 1.54) is 28.6 Å². The van der Waals surface area contributed by atoms with Crippen LogP contribution in [0.4, 0.5) is 0 Å². The summed E-state index contributed by atoms with van der Waals surface area (Å²) in [6, 6.07) is -0.564. The highest BCUT2D eigenvalue weighted by Gasteiger charge is 2.20. The van der Waals surface area contributed by atoms with Gasteiger partial charge in [-0.05, 0) is 13.3 Å². The number of Topliss-reactive ketones (excluding diaryl/α,β-unsaturated/α-hetero) is 1. The van der Waals surface area contributed by atoms with Gasteiger partial charge in [0.1, 0.15) is 0 Å². The van der Waals surface area contributed by atoms with Crippen molar-refractivity contribution in [2.24, 2.45) is 0 Å². The first-order chi connectivity index (χ1) is 6.78. The van der Waals surface area contributed by atoms with Gasteiger partial charge in [-0.3, -0.25) is 14.2 Å². The van der Waals surface area contributed by atoms with Gasteiger partial charge in [0.15, 0.2) is 13.2 Å². The number of hydrogen-bond donors (Lipinski definition) is 1. The summed E-state index contributed by atoms with van der Waals surface area (Å²) in [4.78, 5) is 21.9. The normalized spacial score (nSPS) is 16.5. The van der Waals surface area contributed by atoms with E-state index in [4.69, 9.17) is 4.44 Å². The number of nitrogens with one attached hydrogen (secondary N) is 1. The molecule has 0 aliphatic rings. The van der Waals surface area contributed by atoms with Crippen molar-refractivity contribution in [2.75, 3.05) is 12.8 Å². The van der Waals surface area contributed by atoms with E-state index in [0.717, 1.165) is 0 Å². The van der Waals surface area contributed by atoms with Crippen molar-refractivity contribution < 1.29 is 18.6 Å². The highest BCUT2D eigenvalue weighted by molar-refractivity contribution is 7.58. The summed E-state index contributed by atoms with van der Waals surface area (Å²) in [5.74, 6) is -0.403. The molecule has 0 spiro atoms. The highest BCUT2D eigenvalue weighted by atomic mass is 31.2. The number of amides is 1. The first-order valence-electron chi connectivity index (χ1n) is 4.68. The second-order valence-electron chi connectivity index (χ2n) is 3.57. The van der Waals surface area contributed by atoms with Crippen LogP contribution in [0.5, 0.6) is 0 Å². The number of ketones is 1. The van der Waals surface area contributed by atoms with Gasteiger partial charge in [-0.25, -0.2) is 0 Å². The fourth-order valence-corrected chi connectivity index (χ4v) is 1.99. The highest BCUT2D eigenvalue weighted by Crippen LogP contribution is 2.41. The lowest BCUT2D eigenvalue weighted by molar-refractivity contribution is -0.125. The maximum Gasteiger partial charge on any atom is 0.266 e. The minimum absolute atomic E-state index is 0.138. The molecule has 0 heterocycles. The number of rotatable bonds is 6. The third-order valence-corrected chi connectivity index (χ3v) is 3.92. The third kappa shape index (κ3) is 6.47. The molecule has 0 aromatic rings. The van der Waals surface area contributed by atoms with Gasteiger partial charge >= 0.3 is 0 Å². The van der Waals surface area contributed by atoms with Crippen LogP contribution < -0.4 is 5.32 Å². The number of carbonyl (C=O) groups is 2. The summed E-state index contributed by atoms with van der Waals surface area (Å²) in [7, 11) is -1.24. The molecule has 0 aliphatic carbocycles. The molecular formula is C8H17BNO4P. The van der Waals surface area contributed by atoms with Crippen LogP contribution >= 0.6 is 7.37 Å². The molecule has 0 aliphatic heterocycles. The molecule has 0 fully saturated rings. The zero-order valence-electron chi connectivity index (χ0n) is 9.57. The SMILES string of the molecule is BOP(C)(=O)CCC(NC(C)=O)C(C)=O. The van der Waals surface area contributed by atoms with Gasteiger partial charge in [-0.15, -0.1) is 0 Å². The van der Waals surface area contributed by atoms with Gasteiger partial charge in [0, 0.05) is 19.8 Å². The second-order valence-corrected chi connectivity index (χ2v) is 6.41. The van der Waals surface area contributed by atoms with Gasteiger partial charge in [0.25, 0.3) is 8.05 Å². The van der Waals surface area contributed by atoms with Crippen LogP contribution in [0.25, 0.3) is 0 Å². The average molecular weight is 233 g/mol. The van der Waals surface area contributed by atoms with Crippen molar-refractivity contribution in [3.8, 4) is 0 Å². The summed E-state index contributed by atoms with van der Waals surface area (Å²) in [5.41, 5.74) is 0. The molecule has 0 rings (SSSR count). The topological polar surface area (TPSA) is 72.5 Å². The molecule has 1 amide bonds. The molecule has 1 N–H and O–H groups in total. The van der Waals surface area contributed by atoms with Crippen molar-refractivity contribution in [2.45, 2.75) is 26.3 Å². The van der Waals surface area contributed by atoms with E-state index in [2.05, 4.69) is 5.32 Å². The number of carbonyl (C=O) groups excluding carboxylic acids is 2. The quantitative estimate of drug-likeness (QED) is 0.515. The smallest absolute Gasteiger partial charge is 0.266 e.